The minimum absolute atomic E-state index is 0.0948. The van der Waals surface area contributed by atoms with E-state index in [2.05, 4.69) is 27.7 Å². The summed E-state index contributed by atoms with van der Waals surface area (Å²) in [5.74, 6) is 1.95. The Morgan fingerprint density at radius 3 is 2.19 bits per heavy atom. The van der Waals surface area contributed by atoms with Crippen LogP contribution in [0.2, 0.25) is 0 Å². The van der Waals surface area contributed by atoms with Crippen molar-refractivity contribution in [3.63, 3.8) is 0 Å². The molecule has 0 radical (unpaired) electrons. The van der Waals surface area contributed by atoms with Gasteiger partial charge in [-0.2, -0.15) is 0 Å². The largest absolute Gasteiger partial charge is 0.494 e. The number of Topliss-reactive ketones (excluding diaryl/α,β-unsaturated/α-hetero) is 1. The summed E-state index contributed by atoms with van der Waals surface area (Å²) in [7, 11) is 0. The van der Waals surface area contributed by atoms with Crippen LogP contribution < -0.4 is 4.74 Å². The van der Waals surface area contributed by atoms with Crippen molar-refractivity contribution in [3.8, 4) is 5.75 Å². The summed E-state index contributed by atoms with van der Waals surface area (Å²) >= 11 is 0. The van der Waals surface area contributed by atoms with Gasteiger partial charge in [-0.1, -0.05) is 72.9 Å². The predicted molar refractivity (Wildman–Crippen MR) is 114 cm³/mol. The van der Waals surface area contributed by atoms with E-state index < -0.39 is 5.41 Å². The number of hydrogen-bond acceptors (Lipinski definition) is 3. The molecule has 1 unspecified atom stereocenters. The fourth-order valence-electron chi connectivity index (χ4n) is 3.34. The Balaban J connectivity index is 0.00000176. The Kier molecular flexibility index (Phi) is 10.7. The van der Waals surface area contributed by atoms with E-state index in [0.29, 0.717) is 24.9 Å². The van der Waals surface area contributed by atoms with Crippen LogP contribution >= 0.6 is 0 Å². The number of carbonyl (C=O) groups is 1. The zero-order chi connectivity index (χ0) is 20.3. The second-order valence-electron chi connectivity index (χ2n) is 7.89. The van der Waals surface area contributed by atoms with Crippen molar-refractivity contribution in [2.45, 2.75) is 79.1 Å². The summed E-state index contributed by atoms with van der Waals surface area (Å²) in [5.41, 5.74) is 0.629. The molecule has 0 N–H and O–H groups in total. The highest BCUT2D eigenvalue weighted by atomic mass is 16.5. The lowest BCUT2D eigenvalue weighted by atomic mass is 9.70. The van der Waals surface area contributed by atoms with Crippen molar-refractivity contribution in [3.05, 3.63) is 29.8 Å². The lowest BCUT2D eigenvalue weighted by molar-refractivity contribution is -0.146. The molecule has 0 saturated carbocycles. The molecule has 1 atom stereocenters. The Labute approximate surface area is 166 Å². The zero-order valence-electron chi connectivity index (χ0n) is 18.3. The van der Waals surface area contributed by atoms with Crippen molar-refractivity contribution in [1.29, 1.82) is 0 Å². The van der Waals surface area contributed by atoms with Gasteiger partial charge in [-0.05, 0) is 36.5 Å². The van der Waals surface area contributed by atoms with E-state index in [9.17, 15) is 4.79 Å². The maximum atomic E-state index is 13.1. The number of benzene rings is 1. The number of unbranched alkanes of at least 4 members (excludes halogenated alkanes) is 2. The SMILES string of the molecule is CC.CCCCCC(C)C(=O)C1(c2ccc(OCCC(C)C)cc2)COC1. The molecule has 0 bridgehead atoms. The molecule has 27 heavy (non-hydrogen) atoms. The van der Waals surface area contributed by atoms with Crippen LogP contribution in [0.1, 0.15) is 79.2 Å². The number of hydrogen-bond donors (Lipinski definition) is 0. The highest BCUT2D eigenvalue weighted by molar-refractivity contribution is 5.93. The Morgan fingerprint density at radius 1 is 1.07 bits per heavy atom. The summed E-state index contributed by atoms with van der Waals surface area (Å²) in [5, 5.41) is 0. The lowest BCUT2D eigenvalue weighted by Gasteiger charge is -2.42. The average Bonchev–Trinajstić information content (AvgIpc) is 2.63. The molecule has 0 aliphatic carbocycles. The first-order valence-corrected chi connectivity index (χ1v) is 10.8. The summed E-state index contributed by atoms with van der Waals surface area (Å²) in [4.78, 5) is 13.1. The maximum absolute atomic E-state index is 13.1. The number of ether oxygens (including phenoxy) is 2. The van der Waals surface area contributed by atoms with Crippen molar-refractivity contribution in [2.75, 3.05) is 19.8 Å². The topological polar surface area (TPSA) is 35.5 Å². The monoisotopic (exact) mass is 376 g/mol. The van der Waals surface area contributed by atoms with Crippen molar-refractivity contribution < 1.29 is 14.3 Å². The standard InChI is InChI=1S/C22H34O3.C2H6/c1-5-6-7-8-18(4)21(23)22(15-24-16-22)19-9-11-20(12-10-19)25-14-13-17(2)3;1-2/h9-12,17-18H,5-8,13-16H2,1-4H3;1-2H3. The quantitative estimate of drug-likeness (QED) is 0.432. The van der Waals surface area contributed by atoms with Crippen LogP contribution in [0.15, 0.2) is 24.3 Å². The van der Waals surface area contributed by atoms with E-state index in [0.717, 1.165) is 37.2 Å². The van der Waals surface area contributed by atoms with Crippen LogP contribution in [0.25, 0.3) is 0 Å². The molecule has 1 heterocycles. The van der Waals surface area contributed by atoms with Gasteiger partial charge in [0.1, 0.15) is 11.2 Å². The second kappa shape index (κ2) is 12.2. The molecule has 1 saturated heterocycles. The Hall–Kier alpha value is -1.35. The summed E-state index contributed by atoms with van der Waals surface area (Å²) in [6, 6.07) is 8.07. The molecule has 1 aromatic rings. The molecule has 1 aliphatic heterocycles. The molecular formula is C24H40O3. The second-order valence-corrected chi connectivity index (χ2v) is 7.89. The molecule has 1 aromatic carbocycles. The maximum Gasteiger partial charge on any atom is 0.150 e. The van der Waals surface area contributed by atoms with Crippen LogP contribution in [-0.4, -0.2) is 25.6 Å². The van der Waals surface area contributed by atoms with Gasteiger partial charge in [-0.25, -0.2) is 0 Å². The first-order valence-electron chi connectivity index (χ1n) is 10.8. The van der Waals surface area contributed by atoms with Gasteiger partial charge in [0.25, 0.3) is 0 Å². The van der Waals surface area contributed by atoms with Gasteiger partial charge in [0.15, 0.2) is 5.78 Å². The molecule has 0 spiro atoms. The lowest BCUT2D eigenvalue weighted by Crippen LogP contribution is -2.54. The summed E-state index contributed by atoms with van der Waals surface area (Å²) < 4.78 is 11.3. The molecule has 1 aliphatic rings. The van der Waals surface area contributed by atoms with E-state index in [-0.39, 0.29) is 5.92 Å². The highest BCUT2D eigenvalue weighted by Gasteiger charge is 2.48. The third-order valence-corrected chi connectivity index (χ3v) is 5.23. The normalized spacial score (nSPS) is 16.1. The van der Waals surface area contributed by atoms with E-state index in [1.807, 2.05) is 38.1 Å². The van der Waals surface area contributed by atoms with Crippen molar-refractivity contribution in [1.82, 2.24) is 0 Å². The van der Waals surface area contributed by atoms with Gasteiger partial charge in [0.05, 0.1) is 19.8 Å². The minimum atomic E-state index is -0.442. The Bertz CT molecular complexity index is 529. The number of ketones is 1. The van der Waals surface area contributed by atoms with Crippen LogP contribution in [0.3, 0.4) is 0 Å². The van der Waals surface area contributed by atoms with Gasteiger partial charge >= 0.3 is 0 Å². The van der Waals surface area contributed by atoms with E-state index >= 15 is 0 Å². The molecule has 2 rings (SSSR count). The summed E-state index contributed by atoms with van der Waals surface area (Å²) in [6.45, 7) is 14.4. The van der Waals surface area contributed by atoms with Crippen LogP contribution in [0.4, 0.5) is 0 Å². The Morgan fingerprint density at radius 2 is 1.70 bits per heavy atom. The predicted octanol–water partition coefficient (Wildman–Crippen LogP) is 6.19. The average molecular weight is 377 g/mol. The van der Waals surface area contributed by atoms with Crippen LogP contribution in [0, 0.1) is 11.8 Å². The highest BCUT2D eigenvalue weighted by Crippen LogP contribution is 2.37. The third-order valence-electron chi connectivity index (χ3n) is 5.23. The van der Waals surface area contributed by atoms with Crippen molar-refractivity contribution >= 4 is 5.78 Å². The van der Waals surface area contributed by atoms with E-state index in [1.54, 1.807) is 0 Å². The van der Waals surface area contributed by atoms with Gasteiger partial charge in [0, 0.05) is 5.92 Å². The fourth-order valence-corrected chi connectivity index (χ4v) is 3.34. The van der Waals surface area contributed by atoms with E-state index in [4.69, 9.17) is 9.47 Å². The molecule has 1 fully saturated rings. The molecule has 154 valence electrons. The van der Waals surface area contributed by atoms with Gasteiger partial charge in [-0.15, -0.1) is 0 Å². The van der Waals surface area contributed by atoms with Gasteiger partial charge in [0.2, 0.25) is 0 Å². The molecule has 0 amide bonds. The minimum Gasteiger partial charge on any atom is -0.494 e. The number of carbonyl (C=O) groups excluding carboxylic acids is 1. The van der Waals surface area contributed by atoms with E-state index in [1.165, 1.54) is 12.8 Å². The van der Waals surface area contributed by atoms with Crippen LogP contribution in [-0.2, 0) is 14.9 Å². The first-order chi connectivity index (χ1) is 13.0. The summed E-state index contributed by atoms with van der Waals surface area (Å²) in [6.07, 6.45) is 5.54. The van der Waals surface area contributed by atoms with Crippen molar-refractivity contribution in [2.24, 2.45) is 11.8 Å². The fraction of sp³-hybridized carbons (Fsp3) is 0.708. The third kappa shape index (κ3) is 6.64. The van der Waals surface area contributed by atoms with Gasteiger partial charge < -0.3 is 9.47 Å². The van der Waals surface area contributed by atoms with Gasteiger partial charge in [-0.3, -0.25) is 4.79 Å². The molecule has 3 heteroatoms. The smallest absolute Gasteiger partial charge is 0.150 e. The zero-order valence-corrected chi connectivity index (χ0v) is 18.3. The molecule has 3 nitrogen and oxygen atoms in total. The molecule has 0 aromatic heterocycles. The first kappa shape index (κ1) is 23.7. The van der Waals surface area contributed by atoms with Crippen LogP contribution in [0.5, 0.6) is 5.75 Å². The number of rotatable bonds is 11. The molecular weight excluding hydrogens is 336 g/mol.